The molecule has 0 bridgehead atoms. The molecule has 0 N–H and O–H groups in total. The molecule has 33 heavy (non-hydrogen) atoms. The van der Waals surface area contributed by atoms with Crippen molar-refractivity contribution in [2.75, 3.05) is 0 Å². The summed E-state index contributed by atoms with van der Waals surface area (Å²) in [6.07, 6.45) is 0. The monoisotopic (exact) mass is 446 g/mol. The first-order chi connectivity index (χ1) is 15.5. The van der Waals surface area contributed by atoms with Gasteiger partial charge in [0.05, 0.1) is 16.8 Å². The minimum absolute atomic E-state index is 0.145. The highest BCUT2D eigenvalue weighted by atomic mass is 19.1. The maximum Gasteiger partial charge on any atom is 0.494 e. The van der Waals surface area contributed by atoms with Crippen molar-refractivity contribution in [3.63, 3.8) is 0 Å². The fraction of sp³-hybridized carbons (Fsp3) is 0.296. The van der Waals surface area contributed by atoms with Crippen molar-refractivity contribution in [3.05, 3.63) is 101 Å². The average Bonchev–Trinajstić information content (AvgIpc) is 3.01. The molecule has 1 fully saturated rings. The standard InChI is InChI=1S/C27H28BFO4/c1-25(2)26(3,4)33-28(32-25)21-16-17-22(23(29)18-21)24(30)31-27(5,19-12-8-6-9-13-19)20-14-10-7-11-15-20/h6-18H,1-5H3. The zero-order valence-corrected chi connectivity index (χ0v) is 19.6. The number of benzene rings is 3. The molecule has 6 heteroatoms. The van der Waals surface area contributed by atoms with Gasteiger partial charge in [-0.2, -0.15) is 0 Å². The lowest BCUT2D eigenvalue weighted by Crippen LogP contribution is -2.41. The first kappa shape index (κ1) is 23.2. The third kappa shape index (κ3) is 4.33. The van der Waals surface area contributed by atoms with E-state index in [0.717, 1.165) is 11.1 Å². The van der Waals surface area contributed by atoms with E-state index in [1.165, 1.54) is 12.1 Å². The predicted octanol–water partition coefficient (Wildman–Crippen LogP) is 5.25. The van der Waals surface area contributed by atoms with Gasteiger partial charge < -0.3 is 14.0 Å². The number of carbonyl (C=O) groups is 1. The normalized spacial score (nSPS) is 17.1. The summed E-state index contributed by atoms with van der Waals surface area (Å²) in [4.78, 5) is 13.1. The van der Waals surface area contributed by atoms with Gasteiger partial charge in [-0.1, -0.05) is 66.7 Å². The minimum Gasteiger partial charge on any atom is -0.446 e. The average molecular weight is 446 g/mol. The number of hydrogen-bond acceptors (Lipinski definition) is 4. The highest BCUT2D eigenvalue weighted by Crippen LogP contribution is 2.37. The fourth-order valence-electron chi connectivity index (χ4n) is 3.86. The van der Waals surface area contributed by atoms with Crippen LogP contribution in [0.1, 0.15) is 56.1 Å². The van der Waals surface area contributed by atoms with Crippen LogP contribution < -0.4 is 5.46 Å². The van der Waals surface area contributed by atoms with Crippen molar-refractivity contribution < 1.29 is 23.2 Å². The molecule has 0 unspecified atom stereocenters. The summed E-state index contributed by atoms with van der Waals surface area (Å²) < 4.78 is 33.1. The number of esters is 1. The summed E-state index contributed by atoms with van der Waals surface area (Å²) in [5.41, 5.74) is -0.226. The summed E-state index contributed by atoms with van der Waals surface area (Å²) in [6.45, 7) is 9.55. The van der Waals surface area contributed by atoms with Gasteiger partial charge >= 0.3 is 13.1 Å². The van der Waals surface area contributed by atoms with Crippen molar-refractivity contribution in [2.45, 2.75) is 51.4 Å². The van der Waals surface area contributed by atoms with Gasteiger partial charge in [0.1, 0.15) is 5.82 Å². The Balaban J connectivity index is 1.62. The molecular weight excluding hydrogens is 418 g/mol. The van der Waals surface area contributed by atoms with Gasteiger partial charge in [-0.15, -0.1) is 0 Å². The van der Waals surface area contributed by atoms with Gasteiger partial charge in [0.2, 0.25) is 0 Å². The van der Waals surface area contributed by atoms with Gasteiger partial charge in [-0.05, 0) is 63.3 Å². The lowest BCUT2D eigenvalue weighted by molar-refractivity contribution is 0.00567. The number of carbonyl (C=O) groups excluding carboxylic acids is 1. The van der Waals surface area contributed by atoms with Crippen LogP contribution in [0, 0.1) is 5.82 Å². The second-order valence-corrected chi connectivity index (χ2v) is 9.48. The third-order valence-electron chi connectivity index (χ3n) is 6.68. The molecule has 0 aromatic heterocycles. The van der Waals surface area contributed by atoms with Crippen LogP contribution >= 0.6 is 0 Å². The van der Waals surface area contributed by atoms with E-state index in [-0.39, 0.29) is 5.56 Å². The molecular formula is C27H28BFO4. The zero-order chi connectivity index (χ0) is 23.9. The lowest BCUT2D eigenvalue weighted by Gasteiger charge is -2.32. The van der Waals surface area contributed by atoms with Crippen LogP contribution in [0.3, 0.4) is 0 Å². The molecule has 0 aliphatic carbocycles. The Labute approximate surface area is 194 Å². The van der Waals surface area contributed by atoms with E-state index in [9.17, 15) is 4.79 Å². The van der Waals surface area contributed by atoms with Gasteiger partial charge in [-0.25, -0.2) is 9.18 Å². The topological polar surface area (TPSA) is 44.8 Å². The second kappa shape index (κ2) is 8.43. The summed E-state index contributed by atoms with van der Waals surface area (Å²) in [7, 11) is -0.714. The van der Waals surface area contributed by atoms with Crippen LogP contribution in [0.2, 0.25) is 0 Å². The molecule has 1 aliphatic heterocycles. The first-order valence-corrected chi connectivity index (χ1v) is 11.0. The Kier molecular flexibility index (Phi) is 5.93. The van der Waals surface area contributed by atoms with E-state index >= 15 is 4.39 Å². The Morgan fingerprint density at radius 3 is 1.79 bits per heavy atom. The minimum atomic E-state index is -1.09. The molecule has 0 saturated carbocycles. The second-order valence-electron chi connectivity index (χ2n) is 9.48. The molecule has 0 amide bonds. The van der Waals surface area contributed by atoms with Gasteiger partial charge in [-0.3, -0.25) is 0 Å². The maximum absolute atomic E-state index is 15.1. The predicted molar refractivity (Wildman–Crippen MR) is 127 cm³/mol. The van der Waals surface area contributed by atoms with E-state index in [1.54, 1.807) is 6.07 Å². The molecule has 1 aliphatic rings. The Bertz CT molecular complexity index is 1090. The van der Waals surface area contributed by atoms with Gasteiger partial charge in [0.25, 0.3) is 0 Å². The molecule has 0 spiro atoms. The molecule has 1 saturated heterocycles. The number of hydrogen-bond donors (Lipinski definition) is 0. The quantitative estimate of drug-likeness (QED) is 0.397. The summed E-state index contributed by atoms with van der Waals surface area (Å²) >= 11 is 0. The zero-order valence-electron chi connectivity index (χ0n) is 19.6. The van der Waals surface area contributed by atoms with E-state index < -0.39 is 35.7 Å². The van der Waals surface area contributed by atoms with Crippen molar-refractivity contribution in [1.82, 2.24) is 0 Å². The van der Waals surface area contributed by atoms with Crippen LogP contribution in [0.15, 0.2) is 78.9 Å². The van der Waals surface area contributed by atoms with Gasteiger partial charge in [0, 0.05) is 0 Å². The third-order valence-corrected chi connectivity index (χ3v) is 6.68. The van der Waals surface area contributed by atoms with E-state index in [1.807, 2.05) is 95.3 Å². The Hall–Kier alpha value is -2.96. The molecule has 3 aromatic rings. The lowest BCUT2D eigenvalue weighted by atomic mass is 9.78. The summed E-state index contributed by atoms with van der Waals surface area (Å²) in [5.74, 6) is -1.43. The van der Waals surface area contributed by atoms with Crippen LogP contribution in [0.5, 0.6) is 0 Å². The van der Waals surface area contributed by atoms with Crippen LogP contribution in [-0.4, -0.2) is 24.3 Å². The Morgan fingerprint density at radius 1 is 0.848 bits per heavy atom. The molecule has 0 radical (unpaired) electrons. The van der Waals surface area contributed by atoms with Crippen molar-refractivity contribution >= 4 is 18.6 Å². The molecule has 1 heterocycles. The number of halogens is 1. The SMILES string of the molecule is CC(OC(=O)c1ccc(B2OC(C)(C)C(C)(C)O2)cc1F)(c1ccccc1)c1ccccc1. The number of rotatable bonds is 5. The summed E-state index contributed by atoms with van der Waals surface area (Å²) in [6, 6.07) is 23.2. The van der Waals surface area contributed by atoms with Crippen LogP contribution in [0.4, 0.5) is 4.39 Å². The first-order valence-electron chi connectivity index (χ1n) is 11.0. The van der Waals surface area contributed by atoms with Gasteiger partial charge in [0.15, 0.2) is 5.60 Å². The molecule has 170 valence electrons. The van der Waals surface area contributed by atoms with E-state index in [4.69, 9.17) is 14.0 Å². The van der Waals surface area contributed by atoms with Crippen molar-refractivity contribution in [2.24, 2.45) is 0 Å². The van der Waals surface area contributed by atoms with Crippen LogP contribution in [-0.2, 0) is 19.6 Å². The molecule has 3 aromatic carbocycles. The van der Waals surface area contributed by atoms with E-state index in [0.29, 0.717) is 5.46 Å². The van der Waals surface area contributed by atoms with Crippen molar-refractivity contribution in [1.29, 1.82) is 0 Å². The maximum atomic E-state index is 15.1. The highest BCUT2D eigenvalue weighted by molar-refractivity contribution is 6.62. The molecule has 0 atom stereocenters. The smallest absolute Gasteiger partial charge is 0.446 e. The van der Waals surface area contributed by atoms with E-state index in [2.05, 4.69) is 0 Å². The largest absolute Gasteiger partial charge is 0.494 e. The van der Waals surface area contributed by atoms with Crippen molar-refractivity contribution in [3.8, 4) is 0 Å². The fourth-order valence-corrected chi connectivity index (χ4v) is 3.86. The molecule has 4 rings (SSSR count). The Morgan fingerprint density at radius 2 is 1.33 bits per heavy atom. The number of ether oxygens (including phenoxy) is 1. The summed E-state index contributed by atoms with van der Waals surface area (Å²) in [5, 5.41) is 0. The van der Waals surface area contributed by atoms with Crippen LogP contribution in [0.25, 0.3) is 0 Å². The highest BCUT2D eigenvalue weighted by Gasteiger charge is 2.51. The molecule has 4 nitrogen and oxygen atoms in total.